The number of aliphatic hydroxyl groups excluding tert-OH is 2. The molecule has 0 aromatic heterocycles. The molecule has 0 heterocycles. The molecule has 1 aliphatic rings. The van der Waals surface area contributed by atoms with Gasteiger partial charge in [0.1, 0.15) is 12.2 Å². The van der Waals surface area contributed by atoms with Gasteiger partial charge in [0.25, 0.3) is 5.69 Å². The number of nitrogens with zero attached hydrogens (tertiary/aromatic N) is 1. The molecule has 2 atom stereocenters. The van der Waals surface area contributed by atoms with Crippen LogP contribution < -0.4 is 0 Å². The molecule has 2 unspecified atom stereocenters. The molecule has 1 aliphatic carbocycles. The highest BCUT2D eigenvalue weighted by molar-refractivity contribution is 5.67. The second-order valence-corrected chi connectivity index (χ2v) is 3.33. The largest absolute Gasteiger partial charge is 0.386 e. The molecule has 1 aromatic rings. The first-order valence-electron chi connectivity index (χ1n) is 4.43. The summed E-state index contributed by atoms with van der Waals surface area (Å²) in [5, 5.41) is 29.6. The zero-order chi connectivity index (χ0) is 11.0. The molecule has 78 valence electrons. The minimum absolute atomic E-state index is 0.0605. The molecule has 5 nitrogen and oxygen atoms in total. The Morgan fingerprint density at radius 1 is 1.33 bits per heavy atom. The normalized spacial score (nSPS) is 23.6. The van der Waals surface area contributed by atoms with E-state index in [0.717, 1.165) is 0 Å². The first-order valence-corrected chi connectivity index (χ1v) is 4.43. The van der Waals surface area contributed by atoms with Crippen LogP contribution in [0.15, 0.2) is 24.3 Å². The van der Waals surface area contributed by atoms with Crippen molar-refractivity contribution in [3.8, 4) is 0 Å². The first kappa shape index (κ1) is 9.82. The monoisotopic (exact) mass is 207 g/mol. The zero-order valence-corrected chi connectivity index (χ0v) is 7.70. The van der Waals surface area contributed by atoms with Crippen LogP contribution in [0.5, 0.6) is 0 Å². The third kappa shape index (κ3) is 1.51. The Hall–Kier alpha value is -1.72. The van der Waals surface area contributed by atoms with Crippen LogP contribution in [0, 0.1) is 10.1 Å². The summed E-state index contributed by atoms with van der Waals surface area (Å²) in [6.45, 7) is 0. The lowest BCUT2D eigenvalue weighted by molar-refractivity contribution is -0.385. The van der Waals surface area contributed by atoms with Crippen molar-refractivity contribution in [3.05, 3.63) is 45.5 Å². The first-order chi connectivity index (χ1) is 7.11. The van der Waals surface area contributed by atoms with Crippen LogP contribution in [0.3, 0.4) is 0 Å². The molecule has 0 radical (unpaired) electrons. The van der Waals surface area contributed by atoms with Gasteiger partial charge in [-0.05, 0) is 11.6 Å². The Morgan fingerprint density at radius 2 is 2.07 bits per heavy atom. The van der Waals surface area contributed by atoms with Gasteiger partial charge < -0.3 is 10.2 Å². The molecular weight excluding hydrogens is 198 g/mol. The molecule has 1 aromatic carbocycles. The molecule has 0 saturated heterocycles. The number of rotatable bonds is 1. The fourth-order valence-corrected chi connectivity index (χ4v) is 1.65. The van der Waals surface area contributed by atoms with Crippen molar-refractivity contribution in [1.82, 2.24) is 0 Å². The van der Waals surface area contributed by atoms with Crippen LogP contribution in [0.4, 0.5) is 5.69 Å². The predicted molar refractivity (Wildman–Crippen MR) is 53.1 cm³/mol. The highest BCUT2D eigenvalue weighted by atomic mass is 16.6. The van der Waals surface area contributed by atoms with Crippen LogP contribution in [0.2, 0.25) is 0 Å². The molecule has 0 aliphatic heterocycles. The van der Waals surface area contributed by atoms with Crippen LogP contribution in [0.1, 0.15) is 17.2 Å². The van der Waals surface area contributed by atoms with E-state index >= 15 is 0 Å². The average molecular weight is 207 g/mol. The van der Waals surface area contributed by atoms with Crippen molar-refractivity contribution in [2.75, 3.05) is 0 Å². The van der Waals surface area contributed by atoms with Crippen LogP contribution in [-0.4, -0.2) is 21.2 Å². The van der Waals surface area contributed by atoms with Gasteiger partial charge in [0.2, 0.25) is 0 Å². The van der Waals surface area contributed by atoms with E-state index in [1.54, 1.807) is 6.07 Å². The standard InChI is InChI=1S/C10H9NO4/c12-9-5-4-6-7(10(9)13)2-1-3-8(6)11(14)15/h1-5,9-10,12-13H. The quantitative estimate of drug-likeness (QED) is 0.531. The highest BCUT2D eigenvalue weighted by Crippen LogP contribution is 2.33. The summed E-state index contributed by atoms with van der Waals surface area (Å²) < 4.78 is 0. The van der Waals surface area contributed by atoms with Gasteiger partial charge in [0.05, 0.1) is 10.5 Å². The smallest absolute Gasteiger partial charge is 0.276 e. The Balaban J connectivity index is 2.61. The second-order valence-electron chi connectivity index (χ2n) is 3.33. The lowest BCUT2D eigenvalue weighted by Gasteiger charge is -2.21. The van der Waals surface area contributed by atoms with Crippen LogP contribution >= 0.6 is 0 Å². The van der Waals surface area contributed by atoms with E-state index in [1.165, 1.54) is 24.3 Å². The maximum atomic E-state index is 10.7. The molecule has 0 bridgehead atoms. The van der Waals surface area contributed by atoms with Crippen molar-refractivity contribution in [2.24, 2.45) is 0 Å². The zero-order valence-electron chi connectivity index (χ0n) is 7.70. The number of hydrogen-bond donors (Lipinski definition) is 2. The number of hydrogen-bond acceptors (Lipinski definition) is 4. The van der Waals surface area contributed by atoms with Gasteiger partial charge in [-0.2, -0.15) is 0 Å². The van der Waals surface area contributed by atoms with Crippen molar-refractivity contribution >= 4 is 11.8 Å². The van der Waals surface area contributed by atoms with Crippen LogP contribution in [0.25, 0.3) is 6.08 Å². The van der Waals surface area contributed by atoms with Gasteiger partial charge in [-0.3, -0.25) is 10.1 Å². The van der Waals surface area contributed by atoms with E-state index in [1.807, 2.05) is 0 Å². The molecule has 2 N–H and O–H groups in total. The summed E-state index contributed by atoms with van der Waals surface area (Å²) in [6.07, 6.45) is 0.717. The second kappa shape index (κ2) is 3.45. The van der Waals surface area contributed by atoms with E-state index in [0.29, 0.717) is 11.1 Å². The van der Waals surface area contributed by atoms with Gasteiger partial charge >= 0.3 is 0 Å². The molecule has 0 saturated carbocycles. The van der Waals surface area contributed by atoms with Crippen LogP contribution in [-0.2, 0) is 0 Å². The Labute approximate surface area is 85.4 Å². The molecule has 0 amide bonds. The minimum Gasteiger partial charge on any atom is -0.386 e. The number of nitro groups is 1. The average Bonchev–Trinajstić information content (AvgIpc) is 2.23. The summed E-state index contributed by atoms with van der Waals surface area (Å²) in [6, 6.07) is 4.43. The van der Waals surface area contributed by atoms with Crippen molar-refractivity contribution in [1.29, 1.82) is 0 Å². The summed E-state index contributed by atoms with van der Waals surface area (Å²) >= 11 is 0. The number of fused-ring (bicyclic) bond motifs is 1. The van der Waals surface area contributed by atoms with E-state index in [2.05, 4.69) is 0 Å². The molecule has 15 heavy (non-hydrogen) atoms. The van der Waals surface area contributed by atoms with E-state index < -0.39 is 17.1 Å². The van der Waals surface area contributed by atoms with Crippen molar-refractivity contribution in [2.45, 2.75) is 12.2 Å². The van der Waals surface area contributed by atoms with Gasteiger partial charge in [-0.1, -0.05) is 18.2 Å². The summed E-state index contributed by atoms with van der Waals surface area (Å²) in [5.74, 6) is 0. The summed E-state index contributed by atoms with van der Waals surface area (Å²) in [7, 11) is 0. The van der Waals surface area contributed by atoms with E-state index in [4.69, 9.17) is 0 Å². The minimum atomic E-state index is -1.09. The topological polar surface area (TPSA) is 83.6 Å². The van der Waals surface area contributed by atoms with Gasteiger partial charge in [-0.15, -0.1) is 0 Å². The third-order valence-corrected chi connectivity index (χ3v) is 2.42. The lowest BCUT2D eigenvalue weighted by Crippen LogP contribution is -2.19. The number of benzene rings is 1. The Kier molecular flexibility index (Phi) is 2.26. The number of aliphatic hydroxyl groups is 2. The fourth-order valence-electron chi connectivity index (χ4n) is 1.65. The Bertz CT molecular complexity index is 441. The maximum absolute atomic E-state index is 10.7. The van der Waals surface area contributed by atoms with Gasteiger partial charge in [-0.25, -0.2) is 0 Å². The number of nitro benzene ring substituents is 1. The lowest BCUT2D eigenvalue weighted by atomic mass is 9.92. The van der Waals surface area contributed by atoms with Crippen molar-refractivity contribution in [3.63, 3.8) is 0 Å². The molecule has 2 rings (SSSR count). The Morgan fingerprint density at radius 3 is 2.73 bits per heavy atom. The SMILES string of the molecule is O=[N+]([O-])c1cccc2c1C=CC(O)C2O. The van der Waals surface area contributed by atoms with Gasteiger partial charge in [0.15, 0.2) is 0 Å². The van der Waals surface area contributed by atoms with E-state index in [-0.39, 0.29) is 5.69 Å². The third-order valence-electron chi connectivity index (χ3n) is 2.42. The molecular formula is C10H9NO4. The predicted octanol–water partition coefficient (Wildman–Crippen LogP) is 1.02. The maximum Gasteiger partial charge on any atom is 0.276 e. The summed E-state index contributed by atoms with van der Waals surface area (Å²) in [4.78, 5) is 10.2. The molecule has 0 spiro atoms. The van der Waals surface area contributed by atoms with Crippen molar-refractivity contribution < 1.29 is 15.1 Å². The molecule has 5 heteroatoms. The highest BCUT2D eigenvalue weighted by Gasteiger charge is 2.26. The van der Waals surface area contributed by atoms with E-state index in [9.17, 15) is 20.3 Å². The molecule has 0 fully saturated rings. The summed E-state index contributed by atoms with van der Waals surface area (Å²) in [5.41, 5.74) is 0.689. The van der Waals surface area contributed by atoms with Gasteiger partial charge in [0, 0.05) is 6.07 Å². The fraction of sp³-hybridized carbons (Fsp3) is 0.200.